The molecular formula is C40H46N14O14. The molecule has 28 heteroatoms. The van der Waals surface area contributed by atoms with Crippen molar-refractivity contribution >= 4 is 94.5 Å². The van der Waals surface area contributed by atoms with Crippen molar-refractivity contribution in [2.45, 2.75) is 37.0 Å². The van der Waals surface area contributed by atoms with Crippen LogP contribution in [0.5, 0.6) is 0 Å². The van der Waals surface area contributed by atoms with Crippen molar-refractivity contribution in [3.05, 3.63) is 80.4 Å². The van der Waals surface area contributed by atoms with Crippen molar-refractivity contribution in [3.8, 4) is 0 Å². The predicted octanol–water partition coefficient (Wildman–Crippen LogP) is -1.71. The van der Waals surface area contributed by atoms with E-state index < -0.39 is 83.6 Å². The predicted molar refractivity (Wildman–Crippen MR) is 242 cm³/mol. The molecule has 0 saturated heterocycles. The summed E-state index contributed by atoms with van der Waals surface area (Å²) in [7, 11) is 0. The van der Waals surface area contributed by atoms with E-state index in [1.807, 2.05) is 0 Å². The number of rotatable bonds is 20. The molecule has 0 aliphatic carbocycles. The largest absolute Gasteiger partial charge is 0.481 e. The van der Waals surface area contributed by atoms with Gasteiger partial charge >= 0.3 is 23.9 Å². The van der Waals surface area contributed by atoms with Crippen LogP contribution in [0, 0.1) is 11.8 Å². The number of aromatic amines is 2. The van der Waals surface area contributed by atoms with E-state index in [1.165, 1.54) is 24.3 Å². The van der Waals surface area contributed by atoms with Crippen LogP contribution < -0.4 is 65.1 Å². The Morgan fingerprint density at radius 2 is 0.956 bits per heavy atom. The summed E-state index contributed by atoms with van der Waals surface area (Å²) >= 11 is 0. The number of hydrogen-bond donors (Lipinski definition) is 16. The minimum Gasteiger partial charge on any atom is -0.481 e. The van der Waals surface area contributed by atoms with E-state index >= 15 is 0 Å². The lowest BCUT2D eigenvalue weighted by Gasteiger charge is -2.27. The molecule has 18 N–H and O–H groups in total. The maximum Gasteiger partial charge on any atom is 0.326 e. The van der Waals surface area contributed by atoms with E-state index in [-0.39, 0.29) is 59.1 Å². The van der Waals surface area contributed by atoms with E-state index in [0.717, 1.165) is 0 Å². The number of carbonyl (C=O) groups excluding carboxylic acids is 4. The second-order valence-electron chi connectivity index (χ2n) is 15.1. The van der Waals surface area contributed by atoms with Crippen LogP contribution in [0.3, 0.4) is 0 Å². The first kappa shape index (κ1) is 49.8. The number of anilines is 8. The molecular weight excluding hydrogens is 901 g/mol. The van der Waals surface area contributed by atoms with Gasteiger partial charge < -0.3 is 84.0 Å². The van der Waals surface area contributed by atoms with Crippen molar-refractivity contribution in [3.63, 3.8) is 0 Å². The number of carbonyl (C=O) groups is 8. The molecule has 0 saturated carbocycles. The lowest BCUT2D eigenvalue weighted by atomic mass is 10.0. The zero-order chi connectivity index (χ0) is 49.7. The fraction of sp³-hybridized carbons (Fsp3) is 0.300. The molecule has 2 aliphatic heterocycles. The molecule has 360 valence electrons. The van der Waals surface area contributed by atoms with Gasteiger partial charge in [0.05, 0.1) is 12.1 Å². The van der Waals surface area contributed by atoms with Gasteiger partial charge in [-0.3, -0.25) is 38.7 Å². The Morgan fingerprint density at radius 3 is 1.26 bits per heavy atom. The lowest BCUT2D eigenvalue weighted by Crippen LogP contribution is -2.43. The number of nitrogens with one attached hydrogen (secondary N) is 10. The minimum atomic E-state index is -1.55. The monoisotopic (exact) mass is 946 g/mol. The average molecular weight is 947 g/mol. The number of aromatic nitrogens is 4. The molecule has 0 spiro atoms. The van der Waals surface area contributed by atoms with E-state index in [4.69, 9.17) is 21.7 Å². The number of nitrogens with two attached hydrogens (primary N) is 2. The summed E-state index contributed by atoms with van der Waals surface area (Å²) < 4.78 is 0. The Labute approximate surface area is 382 Å². The number of carboxylic acid groups (broad SMARTS) is 4. The van der Waals surface area contributed by atoms with Gasteiger partial charge in [0.1, 0.15) is 47.9 Å². The Kier molecular flexibility index (Phi) is 16.5. The van der Waals surface area contributed by atoms with Gasteiger partial charge in [-0.2, -0.15) is 9.97 Å². The zero-order valence-corrected chi connectivity index (χ0v) is 35.4. The first-order valence-electron chi connectivity index (χ1n) is 20.3. The summed E-state index contributed by atoms with van der Waals surface area (Å²) in [4.78, 5) is 128. The summed E-state index contributed by atoms with van der Waals surface area (Å²) in [5.41, 5.74) is 12.5. The smallest absolute Gasteiger partial charge is 0.326 e. The average Bonchev–Trinajstić information content (AvgIpc) is 3.30. The maximum atomic E-state index is 12.4. The highest BCUT2D eigenvalue weighted by Crippen LogP contribution is 2.22. The molecule has 4 unspecified atom stereocenters. The van der Waals surface area contributed by atoms with E-state index in [1.54, 1.807) is 24.3 Å². The number of nitrogen functional groups attached to an aromatic ring is 2. The van der Waals surface area contributed by atoms with Gasteiger partial charge in [-0.25, -0.2) is 9.59 Å². The van der Waals surface area contributed by atoms with Crippen LogP contribution in [-0.4, -0.2) is 139 Å². The van der Waals surface area contributed by atoms with E-state index in [2.05, 4.69) is 62.5 Å². The molecule has 68 heavy (non-hydrogen) atoms. The fourth-order valence-electron chi connectivity index (χ4n) is 6.53. The summed E-state index contributed by atoms with van der Waals surface area (Å²) in [5.74, 6) is -9.63. The molecule has 6 rings (SSSR count). The van der Waals surface area contributed by atoms with Crippen LogP contribution in [0.1, 0.15) is 33.6 Å². The minimum absolute atomic E-state index is 0.0128. The maximum absolute atomic E-state index is 12.4. The number of carboxylic acids is 4. The normalized spacial score (nSPS) is 16.1. The highest BCUT2D eigenvalue weighted by Gasteiger charge is 2.30. The van der Waals surface area contributed by atoms with Crippen molar-refractivity contribution in [1.29, 1.82) is 0 Å². The molecule has 0 bridgehead atoms. The van der Waals surface area contributed by atoms with Crippen molar-refractivity contribution < 1.29 is 58.8 Å². The molecule has 2 amide bonds. The molecule has 6 atom stereocenters. The van der Waals surface area contributed by atoms with Gasteiger partial charge in [0.15, 0.2) is 11.6 Å². The number of fused-ring (bicyclic) bond motifs is 2. The quantitative estimate of drug-likeness (QED) is 0.0346. The molecule has 4 aromatic rings. The Hall–Kier alpha value is -9.24. The summed E-state index contributed by atoms with van der Waals surface area (Å²) in [5, 5.41) is 59.3. The SMILES string of the molecule is Nc1nc2c(c(=O)[nH]1)NC(CNc1ccc(C(=O)N[C@@H](CC(C=O)C(=O)O)C(=O)O)cc1)CN2.Nc1nc2c(c(=O)[nH]1)NC(CNc1ccc(C(=O)N[C@@H](CC(C=O)C(=O)O)C(=O)O)cc1)CN2. The van der Waals surface area contributed by atoms with Crippen LogP contribution in [0.15, 0.2) is 58.1 Å². The lowest BCUT2D eigenvalue weighted by molar-refractivity contribution is -0.147. The van der Waals surface area contributed by atoms with Crippen LogP contribution in [0.2, 0.25) is 0 Å². The first-order chi connectivity index (χ1) is 32.3. The third-order valence-corrected chi connectivity index (χ3v) is 10.2. The molecule has 28 nitrogen and oxygen atoms in total. The van der Waals surface area contributed by atoms with Crippen LogP contribution >= 0.6 is 0 Å². The third kappa shape index (κ3) is 13.4. The molecule has 0 radical (unpaired) electrons. The van der Waals surface area contributed by atoms with Crippen molar-refractivity contribution in [2.24, 2.45) is 11.8 Å². The number of H-pyrrole nitrogens is 2. The number of benzene rings is 2. The molecule has 2 aromatic heterocycles. The summed E-state index contributed by atoms with van der Waals surface area (Å²) in [6.45, 7) is 1.80. The highest BCUT2D eigenvalue weighted by atomic mass is 16.4. The van der Waals surface area contributed by atoms with Gasteiger partial charge in [-0.15, -0.1) is 0 Å². The van der Waals surface area contributed by atoms with Gasteiger partial charge in [0, 0.05) is 48.7 Å². The Bertz CT molecular complexity index is 2480. The number of hydrogen-bond acceptors (Lipinski definition) is 20. The van der Waals surface area contributed by atoms with E-state index in [0.29, 0.717) is 49.2 Å². The third-order valence-electron chi connectivity index (χ3n) is 10.2. The number of nitrogens with zero attached hydrogens (tertiary/aromatic N) is 2. The van der Waals surface area contributed by atoms with Crippen LogP contribution in [0.4, 0.5) is 46.3 Å². The second kappa shape index (κ2) is 22.6. The van der Waals surface area contributed by atoms with Crippen LogP contribution in [-0.2, 0) is 28.8 Å². The van der Waals surface area contributed by atoms with Gasteiger partial charge in [-0.1, -0.05) is 0 Å². The summed E-state index contributed by atoms with van der Waals surface area (Å²) in [6.07, 6.45) is -0.892. The first-order valence-corrected chi connectivity index (χ1v) is 20.3. The van der Waals surface area contributed by atoms with E-state index in [9.17, 15) is 58.2 Å². The number of amides is 2. The second-order valence-corrected chi connectivity index (χ2v) is 15.1. The Morgan fingerprint density at radius 1 is 0.603 bits per heavy atom. The van der Waals surface area contributed by atoms with Gasteiger partial charge in [0.2, 0.25) is 11.9 Å². The van der Waals surface area contributed by atoms with Crippen LogP contribution in [0.25, 0.3) is 0 Å². The summed E-state index contributed by atoms with van der Waals surface area (Å²) in [6, 6.07) is 8.88. The van der Waals surface area contributed by atoms with Crippen molar-refractivity contribution in [2.75, 3.05) is 69.5 Å². The topological polar surface area (TPSA) is 457 Å². The molecule has 0 fully saturated rings. The molecule has 4 heterocycles. The van der Waals surface area contributed by atoms with Gasteiger partial charge in [-0.05, 0) is 61.4 Å². The number of aliphatic carboxylic acids is 4. The Balaban J connectivity index is 0.000000254. The van der Waals surface area contributed by atoms with Gasteiger partial charge in [0.25, 0.3) is 22.9 Å². The number of aldehydes is 2. The standard InChI is InChI=1S/2C20H23N7O7/c2*21-20-26-15-14(17(30)27-20)24-12(7-23-15)6-22-11-3-1-9(2-4-11)16(29)25-13(19(33)34)5-10(8-28)18(31)32/h2*1-4,8,10,12-13,22,24H,5-7H2,(H,25,29)(H,31,32)(H,33,34)(H4,21,23,26,27,30)/t2*10?,12?,13-/m00/s1. The highest BCUT2D eigenvalue weighted by molar-refractivity contribution is 5.98. The molecule has 2 aliphatic rings. The fourth-order valence-corrected chi connectivity index (χ4v) is 6.53. The zero-order valence-electron chi connectivity index (χ0n) is 35.4. The molecule has 2 aromatic carbocycles. The van der Waals surface area contributed by atoms with Crippen molar-refractivity contribution in [1.82, 2.24) is 30.6 Å².